The maximum absolute atomic E-state index is 13.5. The molecule has 2 N–H and O–H groups in total. The van der Waals surface area contributed by atoms with Crippen LogP contribution in [0.3, 0.4) is 0 Å². The smallest absolute Gasteiger partial charge is 0.159 e. The van der Waals surface area contributed by atoms with Gasteiger partial charge in [0.05, 0.1) is 34.8 Å². The van der Waals surface area contributed by atoms with E-state index < -0.39 is 0 Å². The third kappa shape index (κ3) is 4.36. The number of halogens is 1. The Kier molecular flexibility index (Phi) is 5.51. The second kappa shape index (κ2) is 9.46. The summed E-state index contributed by atoms with van der Waals surface area (Å²) in [6.45, 7) is 0.450. The number of aromatic nitrogens is 7. The fourth-order valence-corrected chi connectivity index (χ4v) is 4.50. The second-order valence-corrected chi connectivity index (χ2v) is 9.02. The van der Waals surface area contributed by atoms with Crippen molar-refractivity contribution in [2.75, 3.05) is 0 Å². The van der Waals surface area contributed by atoms with Gasteiger partial charge in [-0.05, 0) is 48.0 Å². The lowest BCUT2D eigenvalue weighted by Gasteiger charge is -2.08. The minimum absolute atomic E-state index is 0.301. The molecule has 188 valence electrons. The number of imidazole rings is 1. The molecule has 0 radical (unpaired) electrons. The first kappa shape index (κ1) is 22.7. The normalized spacial score (nSPS) is 11.3. The Morgan fingerprint density at radius 1 is 0.795 bits per heavy atom. The number of rotatable bonds is 6. The monoisotopic (exact) mass is 513 g/mol. The first-order valence-electron chi connectivity index (χ1n) is 12.3. The van der Waals surface area contributed by atoms with Crippen LogP contribution in [0.15, 0.2) is 97.6 Å². The van der Waals surface area contributed by atoms with Crippen molar-refractivity contribution in [3.63, 3.8) is 0 Å². The maximum Gasteiger partial charge on any atom is 0.159 e. The minimum Gasteiger partial charge on any atom is -0.487 e. The summed E-state index contributed by atoms with van der Waals surface area (Å²) in [6, 6.07) is 21.9. The van der Waals surface area contributed by atoms with Gasteiger partial charge in [-0.25, -0.2) is 9.37 Å². The molecule has 0 aliphatic heterocycles. The summed E-state index contributed by atoms with van der Waals surface area (Å²) in [5.41, 5.74) is 6.98. The van der Waals surface area contributed by atoms with Crippen LogP contribution in [0.5, 0.6) is 5.75 Å². The van der Waals surface area contributed by atoms with Gasteiger partial charge in [0.25, 0.3) is 0 Å². The van der Waals surface area contributed by atoms with Crippen LogP contribution in [0.4, 0.5) is 4.39 Å². The number of hydrogen-bond donors (Lipinski definition) is 2. The number of aromatic amines is 2. The van der Waals surface area contributed by atoms with E-state index in [2.05, 4.69) is 30.1 Å². The Balaban J connectivity index is 1.24. The summed E-state index contributed by atoms with van der Waals surface area (Å²) < 4.78 is 19.4. The average Bonchev–Trinajstić information content (AvgIpc) is 3.61. The van der Waals surface area contributed by atoms with Crippen molar-refractivity contribution in [3.05, 3.63) is 109 Å². The molecule has 0 fully saturated rings. The van der Waals surface area contributed by atoms with Gasteiger partial charge in [0.15, 0.2) is 5.82 Å². The standard InChI is InChI=1S/C30H20FN7O/c31-21-8-6-19(7-9-21)27-29-24(10-11-33-27)35-30(36-29)28-23-13-25(34-16-26(23)37-38-28)20-12-22(15-32-14-20)39-17-18-4-2-1-3-5-18/h1-16H,17H2,(H,35,36)(H,37,38). The highest BCUT2D eigenvalue weighted by atomic mass is 19.1. The number of ether oxygens (including phenoxy) is 1. The van der Waals surface area contributed by atoms with E-state index in [1.165, 1.54) is 12.1 Å². The van der Waals surface area contributed by atoms with Gasteiger partial charge >= 0.3 is 0 Å². The highest BCUT2D eigenvalue weighted by molar-refractivity contribution is 5.96. The summed E-state index contributed by atoms with van der Waals surface area (Å²) in [5, 5.41) is 8.42. The van der Waals surface area contributed by atoms with E-state index in [9.17, 15) is 4.39 Å². The van der Waals surface area contributed by atoms with E-state index in [0.717, 1.165) is 38.8 Å². The summed E-state index contributed by atoms with van der Waals surface area (Å²) in [6.07, 6.45) is 6.89. The molecule has 0 unspecified atom stereocenters. The van der Waals surface area contributed by atoms with Crippen LogP contribution in [0.2, 0.25) is 0 Å². The second-order valence-electron chi connectivity index (χ2n) is 9.02. The van der Waals surface area contributed by atoms with Gasteiger partial charge in [-0.3, -0.25) is 20.1 Å². The highest BCUT2D eigenvalue weighted by Crippen LogP contribution is 2.32. The van der Waals surface area contributed by atoms with Gasteiger partial charge < -0.3 is 9.72 Å². The van der Waals surface area contributed by atoms with Crippen molar-refractivity contribution in [2.24, 2.45) is 0 Å². The number of benzene rings is 2. The molecule has 2 aromatic carbocycles. The lowest BCUT2D eigenvalue weighted by Crippen LogP contribution is -1.96. The molecule has 7 aromatic rings. The molecule has 0 aliphatic carbocycles. The third-order valence-corrected chi connectivity index (χ3v) is 6.45. The predicted octanol–water partition coefficient (Wildman–Crippen LogP) is 6.34. The lowest BCUT2D eigenvalue weighted by molar-refractivity contribution is 0.305. The molecule has 5 aromatic heterocycles. The van der Waals surface area contributed by atoms with Crippen molar-refractivity contribution in [2.45, 2.75) is 6.61 Å². The molecule has 0 saturated heterocycles. The molecule has 0 aliphatic rings. The van der Waals surface area contributed by atoms with E-state index in [-0.39, 0.29) is 5.82 Å². The van der Waals surface area contributed by atoms with E-state index in [1.807, 2.05) is 48.5 Å². The quantitative estimate of drug-likeness (QED) is 0.269. The zero-order chi connectivity index (χ0) is 26.2. The third-order valence-electron chi connectivity index (χ3n) is 6.45. The molecule has 0 bridgehead atoms. The zero-order valence-corrected chi connectivity index (χ0v) is 20.5. The van der Waals surface area contributed by atoms with Gasteiger partial charge in [0.1, 0.15) is 29.4 Å². The number of nitrogens with zero attached hydrogens (tertiary/aromatic N) is 5. The fraction of sp³-hybridized carbons (Fsp3) is 0.0333. The molecule has 5 heterocycles. The summed E-state index contributed by atoms with van der Waals surface area (Å²) in [7, 11) is 0. The first-order valence-corrected chi connectivity index (χ1v) is 12.3. The number of H-pyrrole nitrogens is 2. The fourth-order valence-electron chi connectivity index (χ4n) is 4.50. The maximum atomic E-state index is 13.5. The van der Waals surface area contributed by atoms with Crippen molar-refractivity contribution in [3.8, 4) is 39.8 Å². The zero-order valence-electron chi connectivity index (χ0n) is 20.5. The largest absolute Gasteiger partial charge is 0.487 e. The van der Waals surface area contributed by atoms with Crippen molar-refractivity contribution >= 4 is 21.9 Å². The van der Waals surface area contributed by atoms with Gasteiger partial charge in [0, 0.05) is 28.9 Å². The van der Waals surface area contributed by atoms with Crippen molar-refractivity contribution in [1.29, 1.82) is 0 Å². The van der Waals surface area contributed by atoms with Crippen LogP contribution < -0.4 is 4.74 Å². The Labute approximate surface area is 221 Å². The van der Waals surface area contributed by atoms with Gasteiger partial charge in [-0.1, -0.05) is 30.3 Å². The Morgan fingerprint density at radius 2 is 1.67 bits per heavy atom. The average molecular weight is 514 g/mol. The topological polar surface area (TPSA) is 105 Å². The van der Waals surface area contributed by atoms with Crippen LogP contribution in [0.25, 0.3) is 56.0 Å². The molecular formula is C30H20FN7O. The molecular weight excluding hydrogens is 493 g/mol. The van der Waals surface area contributed by atoms with Gasteiger partial charge in [-0.2, -0.15) is 5.10 Å². The van der Waals surface area contributed by atoms with Crippen molar-refractivity contribution < 1.29 is 9.13 Å². The van der Waals surface area contributed by atoms with Gasteiger partial charge in [0.2, 0.25) is 0 Å². The molecule has 0 saturated carbocycles. The predicted molar refractivity (Wildman–Crippen MR) is 146 cm³/mol. The van der Waals surface area contributed by atoms with E-state index >= 15 is 0 Å². The number of fused-ring (bicyclic) bond motifs is 2. The summed E-state index contributed by atoms with van der Waals surface area (Å²) in [4.78, 5) is 21.6. The Hall–Kier alpha value is -5.44. The van der Waals surface area contributed by atoms with E-state index in [1.54, 1.807) is 36.9 Å². The number of pyridine rings is 3. The number of nitrogens with one attached hydrogen (secondary N) is 2. The SMILES string of the molecule is Fc1ccc(-c2nccc3[nH]c(-c4n[nH]c5cnc(-c6cncc(OCc7ccccc7)c6)cc45)nc23)cc1. The lowest BCUT2D eigenvalue weighted by atomic mass is 10.1. The molecule has 0 amide bonds. The summed E-state index contributed by atoms with van der Waals surface area (Å²) >= 11 is 0. The molecule has 8 nitrogen and oxygen atoms in total. The van der Waals surface area contributed by atoms with Gasteiger partial charge in [-0.15, -0.1) is 0 Å². The summed E-state index contributed by atoms with van der Waals surface area (Å²) in [5.74, 6) is 0.941. The molecule has 7 rings (SSSR count). The molecule has 9 heteroatoms. The molecule has 0 atom stereocenters. The number of hydrogen-bond acceptors (Lipinski definition) is 6. The van der Waals surface area contributed by atoms with Crippen LogP contribution in [-0.2, 0) is 6.61 Å². The van der Waals surface area contributed by atoms with Crippen LogP contribution in [0, 0.1) is 5.82 Å². The van der Waals surface area contributed by atoms with E-state index in [0.29, 0.717) is 35.1 Å². The Morgan fingerprint density at radius 3 is 2.54 bits per heavy atom. The molecule has 39 heavy (non-hydrogen) atoms. The minimum atomic E-state index is -0.301. The van der Waals surface area contributed by atoms with Crippen LogP contribution in [-0.4, -0.2) is 35.1 Å². The van der Waals surface area contributed by atoms with Crippen LogP contribution >= 0.6 is 0 Å². The highest BCUT2D eigenvalue weighted by Gasteiger charge is 2.17. The molecule has 0 spiro atoms. The van der Waals surface area contributed by atoms with E-state index in [4.69, 9.17) is 9.72 Å². The van der Waals surface area contributed by atoms with Crippen molar-refractivity contribution in [1.82, 2.24) is 35.1 Å². The first-order chi connectivity index (χ1) is 19.2. The Bertz CT molecular complexity index is 1930. The van der Waals surface area contributed by atoms with Crippen LogP contribution in [0.1, 0.15) is 5.56 Å².